The van der Waals surface area contributed by atoms with Crippen molar-refractivity contribution in [3.63, 3.8) is 0 Å². The van der Waals surface area contributed by atoms with Crippen LogP contribution in [-0.2, 0) is 6.54 Å². The molecule has 0 aliphatic carbocycles. The van der Waals surface area contributed by atoms with Crippen molar-refractivity contribution < 1.29 is 0 Å². The van der Waals surface area contributed by atoms with Crippen LogP contribution in [-0.4, -0.2) is 4.57 Å². The summed E-state index contributed by atoms with van der Waals surface area (Å²) in [6, 6.07) is 26.4. The SMILES string of the molecule is Cc1c(Sc2cccc(C#N)c2)c2ccc(Cl)cc2n1Cc1ccccc1. The number of fused-ring (bicyclic) bond motifs is 1. The molecule has 27 heavy (non-hydrogen) atoms. The minimum atomic E-state index is 0.675. The highest BCUT2D eigenvalue weighted by Gasteiger charge is 2.16. The summed E-state index contributed by atoms with van der Waals surface area (Å²) in [7, 11) is 0. The third kappa shape index (κ3) is 3.60. The maximum atomic E-state index is 9.18. The highest BCUT2D eigenvalue weighted by molar-refractivity contribution is 7.99. The van der Waals surface area contributed by atoms with Crippen molar-refractivity contribution in [2.45, 2.75) is 23.3 Å². The van der Waals surface area contributed by atoms with Crippen molar-refractivity contribution in [1.82, 2.24) is 4.57 Å². The molecule has 0 unspecified atom stereocenters. The van der Waals surface area contributed by atoms with E-state index < -0.39 is 0 Å². The molecule has 4 aromatic rings. The van der Waals surface area contributed by atoms with E-state index in [9.17, 15) is 5.26 Å². The second kappa shape index (κ2) is 7.52. The van der Waals surface area contributed by atoms with Gasteiger partial charge in [-0.1, -0.05) is 65.8 Å². The number of halogens is 1. The molecule has 1 heterocycles. The molecular formula is C23H17ClN2S. The maximum Gasteiger partial charge on any atom is 0.0992 e. The van der Waals surface area contributed by atoms with Gasteiger partial charge in [-0.15, -0.1) is 0 Å². The summed E-state index contributed by atoms with van der Waals surface area (Å²) in [6.45, 7) is 2.94. The van der Waals surface area contributed by atoms with Crippen LogP contribution in [0.5, 0.6) is 0 Å². The Bertz CT molecular complexity index is 1160. The van der Waals surface area contributed by atoms with Gasteiger partial charge in [-0.2, -0.15) is 5.26 Å². The van der Waals surface area contributed by atoms with Crippen LogP contribution in [0.25, 0.3) is 10.9 Å². The monoisotopic (exact) mass is 388 g/mol. The van der Waals surface area contributed by atoms with Gasteiger partial charge in [0.15, 0.2) is 0 Å². The fourth-order valence-corrected chi connectivity index (χ4v) is 4.54. The molecule has 0 amide bonds. The minimum absolute atomic E-state index is 0.675. The number of benzene rings is 3. The highest BCUT2D eigenvalue weighted by Crippen LogP contribution is 2.39. The number of rotatable bonds is 4. The Hall–Kier alpha value is -2.67. The first-order valence-electron chi connectivity index (χ1n) is 8.66. The summed E-state index contributed by atoms with van der Waals surface area (Å²) in [4.78, 5) is 2.26. The Labute approximate surface area is 168 Å². The Kier molecular flexibility index (Phi) is 4.94. The molecular weight excluding hydrogens is 372 g/mol. The van der Waals surface area contributed by atoms with Gasteiger partial charge in [-0.3, -0.25) is 0 Å². The summed E-state index contributed by atoms with van der Waals surface area (Å²) in [5.74, 6) is 0. The number of nitriles is 1. The van der Waals surface area contributed by atoms with E-state index >= 15 is 0 Å². The number of nitrogens with zero attached hydrogens (tertiary/aromatic N) is 2. The molecule has 0 aliphatic heterocycles. The summed E-state index contributed by atoms with van der Waals surface area (Å²) >= 11 is 7.99. The van der Waals surface area contributed by atoms with Crippen LogP contribution in [0.2, 0.25) is 5.02 Å². The molecule has 0 spiro atoms. The van der Waals surface area contributed by atoms with Crippen LogP contribution in [0.1, 0.15) is 16.8 Å². The van der Waals surface area contributed by atoms with Crippen molar-refractivity contribution in [2.24, 2.45) is 0 Å². The van der Waals surface area contributed by atoms with E-state index in [0.717, 1.165) is 22.0 Å². The van der Waals surface area contributed by atoms with Crippen molar-refractivity contribution in [3.05, 3.63) is 94.6 Å². The fourth-order valence-electron chi connectivity index (χ4n) is 3.26. The smallest absolute Gasteiger partial charge is 0.0992 e. The molecule has 0 saturated carbocycles. The summed E-state index contributed by atoms with van der Waals surface area (Å²) < 4.78 is 2.31. The molecule has 3 aromatic carbocycles. The lowest BCUT2D eigenvalue weighted by atomic mass is 10.2. The quantitative estimate of drug-likeness (QED) is 0.390. The zero-order chi connectivity index (χ0) is 18.8. The van der Waals surface area contributed by atoms with Gasteiger partial charge in [0.1, 0.15) is 0 Å². The summed E-state index contributed by atoms with van der Waals surface area (Å²) in [5, 5.41) is 11.1. The van der Waals surface area contributed by atoms with Crippen LogP contribution >= 0.6 is 23.4 Å². The molecule has 0 radical (unpaired) electrons. The van der Waals surface area contributed by atoms with Crippen molar-refractivity contribution in [2.75, 3.05) is 0 Å². The zero-order valence-corrected chi connectivity index (χ0v) is 16.4. The Morgan fingerprint density at radius 3 is 2.59 bits per heavy atom. The van der Waals surface area contributed by atoms with Gasteiger partial charge in [-0.05, 0) is 42.8 Å². The van der Waals surface area contributed by atoms with Crippen LogP contribution in [0.15, 0.2) is 82.6 Å². The van der Waals surface area contributed by atoms with Gasteiger partial charge >= 0.3 is 0 Å². The first-order chi connectivity index (χ1) is 13.2. The van der Waals surface area contributed by atoms with Crippen molar-refractivity contribution >= 4 is 34.3 Å². The molecule has 132 valence electrons. The Balaban J connectivity index is 1.83. The van der Waals surface area contributed by atoms with E-state index in [-0.39, 0.29) is 0 Å². The largest absolute Gasteiger partial charge is 0.339 e. The second-order valence-corrected chi connectivity index (χ2v) is 7.91. The highest BCUT2D eigenvalue weighted by atomic mass is 35.5. The predicted octanol–water partition coefficient (Wildman–Crippen LogP) is 6.67. The van der Waals surface area contributed by atoms with E-state index in [0.29, 0.717) is 5.56 Å². The normalized spacial score (nSPS) is 10.9. The molecule has 0 saturated heterocycles. The zero-order valence-electron chi connectivity index (χ0n) is 14.8. The van der Waals surface area contributed by atoms with E-state index in [1.165, 1.54) is 21.5 Å². The lowest BCUT2D eigenvalue weighted by molar-refractivity contribution is 0.794. The predicted molar refractivity (Wildman–Crippen MR) is 113 cm³/mol. The molecule has 2 nitrogen and oxygen atoms in total. The molecule has 0 aliphatic rings. The fraction of sp³-hybridized carbons (Fsp3) is 0.0870. The molecule has 0 N–H and O–H groups in total. The molecule has 4 heteroatoms. The topological polar surface area (TPSA) is 28.7 Å². The van der Waals surface area contributed by atoms with Crippen LogP contribution in [0.4, 0.5) is 0 Å². The van der Waals surface area contributed by atoms with E-state index in [2.05, 4.69) is 47.9 Å². The minimum Gasteiger partial charge on any atom is -0.339 e. The Morgan fingerprint density at radius 2 is 1.81 bits per heavy atom. The van der Waals surface area contributed by atoms with Crippen LogP contribution in [0, 0.1) is 18.3 Å². The standard InChI is InChI=1S/C23H17ClN2S/c1-16-23(27-20-9-5-8-18(12-20)14-25)21-11-10-19(24)13-22(21)26(16)15-17-6-3-2-4-7-17/h2-13H,15H2,1H3. The van der Waals surface area contributed by atoms with Gasteiger partial charge in [0.05, 0.1) is 17.1 Å². The number of aromatic nitrogens is 1. The molecule has 0 bridgehead atoms. The Morgan fingerprint density at radius 1 is 1.00 bits per heavy atom. The lowest BCUT2D eigenvalue weighted by Crippen LogP contribution is -2.01. The second-order valence-electron chi connectivity index (χ2n) is 6.39. The van der Waals surface area contributed by atoms with Gasteiger partial charge in [0.2, 0.25) is 0 Å². The van der Waals surface area contributed by atoms with Crippen molar-refractivity contribution in [1.29, 1.82) is 5.26 Å². The maximum absolute atomic E-state index is 9.18. The van der Waals surface area contributed by atoms with E-state index in [1.54, 1.807) is 11.8 Å². The van der Waals surface area contributed by atoms with Crippen LogP contribution in [0.3, 0.4) is 0 Å². The number of hydrogen-bond donors (Lipinski definition) is 0. The van der Waals surface area contributed by atoms with Gasteiger partial charge in [-0.25, -0.2) is 0 Å². The molecule has 0 atom stereocenters. The van der Waals surface area contributed by atoms with Gasteiger partial charge < -0.3 is 4.57 Å². The molecule has 4 rings (SSSR count). The van der Waals surface area contributed by atoms with Crippen molar-refractivity contribution in [3.8, 4) is 6.07 Å². The van der Waals surface area contributed by atoms with E-state index in [4.69, 9.17) is 11.6 Å². The average Bonchev–Trinajstić information content (AvgIpc) is 2.94. The van der Waals surface area contributed by atoms with E-state index in [1.807, 2.05) is 42.5 Å². The lowest BCUT2D eigenvalue weighted by Gasteiger charge is -2.09. The third-order valence-corrected chi connectivity index (χ3v) is 6.04. The third-order valence-electron chi connectivity index (χ3n) is 4.60. The molecule has 1 aromatic heterocycles. The summed E-state index contributed by atoms with van der Waals surface area (Å²) in [5.41, 5.74) is 4.25. The van der Waals surface area contributed by atoms with Gasteiger partial charge in [0.25, 0.3) is 0 Å². The van der Waals surface area contributed by atoms with Gasteiger partial charge in [0, 0.05) is 32.4 Å². The average molecular weight is 389 g/mol. The number of hydrogen-bond acceptors (Lipinski definition) is 2. The molecule has 0 fully saturated rings. The summed E-state index contributed by atoms with van der Waals surface area (Å²) in [6.07, 6.45) is 0. The first-order valence-corrected chi connectivity index (χ1v) is 9.85. The van der Waals surface area contributed by atoms with Crippen LogP contribution < -0.4 is 0 Å². The first kappa shape index (κ1) is 17.7.